The van der Waals surface area contributed by atoms with Gasteiger partial charge in [-0.25, -0.2) is 0 Å². The van der Waals surface area contributed by atoms with E-state index in [2.05, 4.69) is 26.8 Å². The molecular weight excluding hydrogens is 396 g/mol. The third-order valence-corrected chi connectivity index (χ3v) is 3.66. The van der Waals surface area contributed by atoms with E-state index in [0.29, 0.717) is 15.2 Å². The van der Waals surface area contributed by atoms with Crippen molar-refractivity contribution in [1.29, 1.82) is 0 Å². The number of carbonyl (C=O) groups excluding carboxylic acids is 2. The van der Waals surface area contributed by atoms with Gasteiger partial charge in [0.1, 0.15) is 5.75 Å². The molecule has 0 aromatic heterocycles. The van der Waals surface area contributed by atoms with Gasteiger partial charge >= 0.3 is 0 Å². The van der Waals surface area contributed by atoms with Crippen molar-refractivity contribution in [2.75, 3.05) is 6.61 Å². The first-order chi connectivity index (χ1) is 11.5. The highest BCUT2D eigenvalue weighted by Crippen LogP contribution is 2.27. The molecule has 124 valence electrons. The van der Waals surface area contributed by atoms with Crippen molar-refractivity contribution in [2.24, 2.45) is 0 Å². The van der Waals surface area contributed by atoms with Crippen LogP contribution in [0.15, 0.2) is 59.1 Å². The summed E-state index contributed by atoms with van der Waals surface area (Å²) in [5, 5.41) is 0.552. The van der Waals surface area contributed by atoms with Gasteiger partial charge in [0, 0.05) is 11.1 Å². The third-order valence-electron chi connectivity index (χ3n) is 2.80. The second kappa shape index (κ2) is 9.10. The van der Waals surface area contributed by atoms with Crippen molar-refractivity contribution in [3.63, 3.8) is 0 Å². The molecule has 0 radical (unpaired) electrons. The number of rotatable bonds is 5. The van der Waals surface area contributed by atoms with E-state index in [-0.39, 0.29) is 6.61 Å². The Bertz CT molecular complexity index is 751. The van der Waals surface area contributed by atoms with Gasteiger partial charge in [0.2, 0.25) is 0 Å². The molecular formula is C17H14BrClN2O3. The highest BCUT2D eigenvalue weighted by molar-refractivity contribution is 9.10. The van der Waals surface area contributed by atoms with Crippen LogP contribution in [0.4, 0.5) is 0 Å². The van der Waals surface area contributed by atoms with Crippen LogP contribution in [0.5, 0.6) is 5.75 Å². The largest absolute Gasteiger partial charge is 0.483 e. The van der Waals surface area contributed by atoms with Crippen LogP contribution >= 0.6 is 27.5 Å². The number of nitrogens with one attached hydrogen (secondary N) is 2. The lowest BCUT2D eigenvalue weighted by Gasteiger charge is -2.09. The van der Waals surface area contributed by atoms with Crippen LogP contribution in [0.25, 0.3) is 6.08 Å². The fourth-order valence-corrected chi connectivity index (χ4v) is 2.48. The van der Waals surface area contributed by atoms with Crippen LogP contribution in [0.1, 0.15) is 5.56 Å². The van der Waals surface area contributed by atoms with E-state index in [9.17, 15) is 9.59 Å². The van der Waals surface area contributed by atoms with Crippen molar-refractivity contribution in [2.45, 2.75) is 0 Å². The van der Waals surface area contributed by atoms with Crippen LogP contribution in [0.3, 0.4) is 0 Å². The molecule has 7 heteroatoms. The Morgan fingerprint density at radius 2 is 1.88 bits per heavy atom. The van der Waals surface area contributed by atoms with E-state index in [1.807, 2.05) is 30.3 Å². The van der Waals surface area contributed by atoms with Crippen LogP contribution in [0, 0.1) is 0 Å². The minimum absolute atomic E-state index is 0.247. The maximum atomic E-state index is 11.7. The second-order valence-corrected chi connectivity index (χ2v) is 5.94. The number of hydrogen-bond acceptors (Lipinski definition) is 3. The van der Waals surface area contributed by atoms with Crippen molar-refractivity contribution in [3.8, 4) is 5.75 Å². The molecule has 0 aliphatic heterocycles. The zero-order valence-electron chi connectivity index (χ0n) is 12.5. The standard InChI is InChI=1S/C17H14BrClN2O3/c18-14-10-13(19)7-8-15(14)24-11-17(23)21-20-16(22)9-6-12-4-2-1-3-5-12/h1-10H,11H2,(H,20,22)(H,21,23). The Hall–Kier alpha value is -2.31. The summed E-state index contributed by atoms with van der Waals surface area (Å²) in [7, 11) is 0. The average molecular weight is 410 g/mol. The molecule has 5 nitrogen and oxygen atoms in total. The molecule has 2 aromatic rings. The fraction of sp³-hybridized carbons (Fsp3) is 0.0588. The minimum Gasteiger partial charge on any atom is -0.483 e. The van der Waals surface area contributed by atoms with E-state index >= 15 is 0 Å². The number of carbonyl (C=O) groups is 2. The normalized spacial score (nSPS) is 10.4. The van der Waals surface area contributed by atoms with Gasteiger partial charge in [-0.3, -0.25) is 20.4 Å². The molecule has 0 bridgehead atoms. The fourth-order valence-electron chi connectivity index (χ4n) is 1.68. The maximum absolute atomic E-state index is 11.7. The predicted octanol–water partition coefficient (Wildman–Crippen LogP) is 3.34. The average Bonchev–Trinajstić information content (AvgIpc) is 2.58. The van der Waals surface area contributed by atoms with E-state index in [0.717, 1.165) is 5.56 Å². The molecule has 0 spiro atoms. The Balaban J connectivity index is 1.74. The maximum Gasteiger partial charge on any atom is 0.276 e. The van der Waals surface area contributed by atoms with E-state index in [1.165, 1.54) is 6.08 Å². The van der Waals surface area contributed by atoms with Crippen LogP contribution in [-0.2, 0) is 9.59 Å². The van der Waals surface area contributed by atoms with Crippen molar-refractivity contribution < 1.29 is 14.3 Å². The van der Waals surface area contributed by atoms with Gasteiger partial charge in [0.05, 0.1) is 4.47 Å². The molecule has 0 saturated carbocycles. The summed E-state index contributed by atoms with van der Waals surface area (Å²) in [5.74, 6) is -0.456. The van der Waals surface area contributed by atoms with Gasteiger partial charge in [-0.05, 0) is 45.8 Å². The van der Waals surface area contributed by atoms with Crippen molar-refractivity contribution >= 4 is 45.4 Å². The molecule has 0 saturated heterocycles. The molecule has 2 amide bonds. The number of hydrazine groups is 1. The van der Waals surface area contributed by atoms with Gasteiger partial charge < -0.3 is 4.74 Å². The molecule has 24 heavy (non-hydrogen) atoms. The highest BCUT2D eigenvalue weighted by atomic mass is 79.9. The summed E-state index contributed by atoms with van der Waals surface area (Å²) in [4.78, 5) is 23.3. The lowest BCUT2D eigenvalue weighted by molar-refractivity contribution is -0.128. The molecule has 2 aromatic carbocycles. The third kappa shape index (κ3) is 6.06. The summed E-state index contributed by atoms with van der Waals surface area (Å²) >= 11 is 9.10. The zero-order valence-corrected chi connectivity index (χ0v) is 14.8. The lowest BCUT2D eigenvalue weighted by Crippen LogP contribution is -2.43. The van der Waals surface area contributed by atoms with E-state index < -0.39 is 11.8 Å². The highest BCUT2D eigenvalue weighted by Gasteiger charge is 2.06. The Morgan fingerprint density at radius 3 is 2.58 bits per heavy atom. The molecule has 0 atom stereocenters. The first-order valence-corrected chi connectivity index (χ1v) is 8.11. The first kappa shape index (κ1) is 18.0. The van der Waals surface area contributed by atoms with Gasteiger partial charge in [0.15, 0.2) is 6.61 Å². The summed E-state index contributed by atoms with van der Waals surface area (Å²) in [6, 6.07) is 14.3. The molecule has 2 rings (SSSR count). The molecule has 0 unspecified atom stereocenters. The number of ether oxygens (including phenoxy) is 1. The van der Waals surface area contributed by atoms with Gasteiger partial charge in [-0.1, -0.05) is 41.9 Å². The zero-order chi connectivity index (χ0) is 17.4. The quantitative estimate of drug-likeness (QED) is 0.588. The topological polar surface area (TPSA) is 67.4 Å². The first-order valence-electron chi connectivity index (χ1n) is 6.94. The SMILES string of the molecule is O=C(C=Cc1ccccc1)NNC(=O)COc1ccc(Cl)cc1Br. The van der Waals surface area contributed by atoms with Gasteiger partial charge in [0.25, 0.3) is 11.8 Å². The molecule has 0 aliphatic rings. The number of halogens is 2. The van der Waals surface area contributed by atoms with Crippen LogP contribution in [0.2, 0.25) is 5.02 Å². The van der Waals surface area contributed by atoms with Crippen LogP contribution < -0.4 is 15.6 Å². The van der Waals surface area contributed by atoms with Crippen molar-refractivity contribution in [3.05, 3.63) is 69.7 Å². The number of benzene rings is 2. The Kier molecular flexibility index (Phi) is 6.84. The summed E-state index contributed by atoms with van der Waals surface area (Å²) in [6.07, 6.45) is 2.97. The number of hydrogen-bond donors (Lipinski definition) is 2. The second-order valence-electron chi connectivity index (χ2n) is 4.64. The number of amides is 2. The minimum atomic E-state index is -0.488. The molecule has 0 aliphatic carbocycles. The van der Waals surface area contributed by atoms with E-state index in [4.69, 9.17) is 16.3 Å². The summed E-state index contributed by atoms with van der Waals surface area (Å²) in [6.45, 7) is -0.247. The van der Waals surface area contributed by atoms with Gasteiger partial charge in [-0.15, -0.1) is 0 Å². The van der Waals surface area contributed by atoms with Crippen molar-refractivity contribution in [1.82, 2.24) is 10.9 Å². The van der Waals surface area contributed by atoms with Gasteiger partial charge in [-0.2, -0.15) is 0 Å². The molecule has 0 heterocycles. The Morgan fingerprint density at radius 1 is 1.12 bits per heavy atom. The van der Waals surface area contributed by atoms with E-state index in [1.54, 1.807) is 24.3 Å². The summed E-state index contributed by atoms with van der Waals surface area (Å²) < 4.78 is 5.96. The summed E-state index contributed by atoms with van der Waals surface area (Å²) in [5.41, 5.74) is 5.42. The lowest BCUT2D eigenvalue weighted by atomic mass is 10.2. The smallest absolute Gasteiger partial charge is 0.276 e. The predicted molar refractivity (Wildman–Crippen MR) is 96.4 cm³/mol. The molecule has 2 N–H and O–H groups in total. The van der Waals surface area contributed by atoms with Crippen LogP contribution in [-0.4, -0.2) is 18.4 Å². The Labute approximate surface area is 152 Å². The molecule has 0 fully saturated rings. The monoisotopic (exact) mass is 408 g/mol.